The molecule has 0 spiro atoms. The van der Waals surface area contributed by atoms with Gasteiger partial charge in [-0.1, -0.05) is 12.2 Å². The first kappa shape index (κ1) is 16.0. The molecule has 2 atom stereocenters. The summed E-state index contributed by atoms with van der Waals surface area (Å²) < 4.78 is 39.1. The van der Waals surface area contributed by atoms with Gasteiger partial charge in [-0.2, -0.15) is 13.2 Å². The Labute approximate surface area is 135 Å². The van der Waals surface area contributed by atoms with Crippen LogP contribution < -0.4 is 11.1 Å². The zero-order chi connectivity index (χ0) is 16.8. The fraction of sp³-hybridized carbons (Fsp3) is 0.429. The fourth-order valence-corrected chi connectivity index (χ4v) is 2.75. The van der Waals surface area contributed by atoms with Crippen LogP contribution in [0.3, 0.4) is 0 Å². The van der Waals surface area contributed by atoms with Crippen LogP contribution in [0.5, 0.6) is 0 Å². The van der Waals surface area contributed by atoms with Crippen LogP contribution >= 0.6 is 12.2 Å². The molecule has 0 amide bonds. The number of nitrogens with two attached hydrogens (primary N) is 1. The second kappa shape index (κ2) is 5.64. The standard InChI is InChI=1S/C14H14F3N5S/c1-6(8-4-7-2-3-19-9(7)5-20-8)13-21-11(14(15,16)17)10(23)12(18)22-13/h4-6,12,19H,2-3,18H2,1H3. The summed E-state index contributed by atoms with van der Waals surface area (Å²) in [5, 5.41) is 3.18. The molecule has 2 unspecified atom stereocenters. The molecular formula is C14H14F3N5S. The van der Waals surface area contributed by atoms with Crippen molar-refractivity contribution < 1.29 is 13.2 Å². The van der Waals surface area contributed by atoms with Gasteiger partial charge in [0.2, 0.25) is 0 Å². The molecule has 0 fully saturated rings. The van der Waals surface area contributed by atoms with Gasteiger partial charge in [-0.15, -0.1) is 0 Å². The number of halogens is 3. The summed E-state index contributed by atoms with van der Waals surface area (Å²) in [5.41, 5.74) is 7.12. The summed E-state index contributed by atoms with van der Waals surface area (Å²) in [6.07, 6.45) is -3.33. The van der Waals surface area contributed by atoms with E-state index in [0.29, 0.717) is 5.69 Å². The lowest BCUT2D eigenvalue weighted by Crippen LogP contribution is -2.44. The van der Waals surface area contributed by atoms with E-state index in [4.69, 9.17) is 18.0 Å². The quantitative estimate of drug-likeness (QED) is 0.809. The molecule has 2 aliphatic rings. The van der Waals surface area contributed by atoms with Gasteiger partial charge < -0.3 is 11.1 Å². The van der Waals surface area contributed by atoms with E-state index in [0.717, 1.165) is 24.2 Å². The van der Waals surface area contributed by atoms with Gasteiger partial charge in [-0.05, 0) is 25.0 Å². The van der Waals surface area contributed by atoms with E-state index in [1.807, 2.05) is 6.07 Å². The van der Waals surface area contributed by atoms with E-state index in [1.165, 1.54) is 0 Å². The molecule has 9 heteroatoms. The number of alkyl halides is 3. The van der Waals surface area contributed by atoms with Crippen molar-refractivity contribution in [2.45, 2.75) is 31.6 Å². The predicted molar refractivity (Wildman–Crippen MR) is 86.3 cm³/mol. The number of anilines is 1. The lowest BCUT2D eigenvalue weighted by Gasteiger charge is -2.22. The number of thiocarbonyl (C=S) groups is 1. The van der Waals surface area contributed by atoms with E-state index in [1.54, 1.807) is 13.1 Å². The molecule has 3 rings (SSSR count). The highest BCUT2D eigenvalue weighted by Gasteiger charge is 2.42. The Morgan fingerprint density at radius 1 is 1.43 bits per heavy atom. The first-order valence-corrected chi connectivity index (χ1v) is 7.44. The van der Waals surface area contributed by atoms with Gasteiger partial charge in [-0.3, -0.25) is 4.98 Å². The highest BCUT2D eigenvalue weighted by Crippen LogP contribution is 2.28. The van der Waals surface area contributed by atoms with E-state index >= 15 is 0 Å². The third kappa shape index (κ3) is 2.98. The van der Waals surface area contributed by atoms with Gasteiger partial charge in [0.1, 0.15) is 12.0 Å². The van der Waals surface area contributed by atoms with Crippen LogP contribution in [-0.4, -0.2) is 40.3 Å². The zero-order valence-electron chi connectivity index (χ0n) is 12.2. The van der Waals surface area contributed by atoms with Crippen molar-refractivity contribution in [2.24, 2.45) is 15.7 Å². The summed E-state index contributed by atoms with van der Waals surface area (Å²) in [5.74, 6) is -0.510. The monoisotopic (exact) mass is 341 g/mol. The average molecular weight is 341 g/mol. The molecule has 1 aromatic rings. The Balaban J connectivity index is 1.95. The van der Waals surface area contributed by atoms with Gasteiger partial charge in [0.05, 0.1) is 28.4 Å². The molecule has 2 aliphatic heterocycles. The number of aliphatic imine (C=N–C) groups is 2. The largest absolute Gasteiger partial charge is 0.434 e. The Morgan fingerprint density at radius 2 is 2.17 bits per heavy atom. The highest BCUT2D eigenvalue weighted by molar-refractivity contribution is 7.82. The average Bonchev–Trinajstić information content (AvgIpc) is 2.95. The van der Waals surface area contributed by atoms with Gasteiger partial charge in [-0.25, -0.2) is 9.98 Å². The Morgan fingerprint density at radius 3 is 2.87 bits per heavy atom. The maximum atomic E-state index is 13.0. The summed E-state index contributed by atoms with van der Waals surface area (Å²) in [4.78, 5) is 11.4. The van der Waals surface area contributed by atoms with Gasteiger partial charge in [0.25, 0.3) is 0 Å². The Kier molecular flexibility index (Phi) is 3.93. The molecule has 1 aromatic heterocycles. The van der Waals surface area contributed by atoms with Crippen LogP contribution in [0.15, 0.2) is 22.2 Å². The van der Waals surface area contributed by atoms with E-state index < -0.39 is 28.8 Å². The molecule has 23 heavy (non-hydrogen) atoms. The topological polar surface area (TPSA) is 75.7 Å². The number of amidine groups is 1. The second-order valence-corrected chi connectivity index (χ2v) is 5.86. The van der Waals surface area contributed by atoms with Crippen molar-refractivity contribution in [3.05, 3.63) is 23.5 Å². The minimum Gasteiger partial charge on any atom is -0.383 e. The lowest BCUT2D eigenvalue weighted by atomic mass is 10.0. The number of aromatic nitrogens is 1. The maximum absolute atomic E-state index is 13.0. The van der Waals surface area contributed by atoms with Crippen molar-refractivity contribution in [3.63, 3.8) is 0 Å². The molecule has 0 aromatic carbocycles. The second-order valence-electron chi connectivity index (χ2n) is 5.42. The minimum atomic E-state index is -4.65. The lowest BCUT2D eigenvalue weighted by molar-refractivity contribution is -0.0566. The van der Waals surface area contributed by atoms with Crippen molar-refractivity contribution in [1.29, 1.82) is 0 Å². The van der Waals surface area contributed by atoms with Crippen molar-refractivity contribution in [3.8, 4) is 0 Å². The maximum Gasteiger partial charge on any atom is 0.434 e. The van der Waals surface area contributed by atoms with E-state index in [2.05, 4.69) is 20.3 Å². The molecule has 0 saturated heterocycles. The number of pyridine rings is 1. The van der Waals surface area contributed by atoms with Crippen LogP contribution in [0.25, 0.3) is 0 Å². The molecule has 0 saturated carbocycles. The number of fused-ring (bicyclic) bond motifs is 1. The number of rotatable bonds is 2. The van der Waals surface area contributed by atoms with Crippen LogP contribution in [0.1, 0.15) is 24.1 Å². The molecular weight excluding hydrogens is 327 g/mol. The first-order valence-electron chi connectivity index (χ1n) is 7.03. The molecule has 5 nitrogen and oxygen atoms in total. The number of nitrogens with one attached hydrogen (secondary N) is 1. The Bertz CT molecular complexity index is 726. The number of hydrogen-bond acceptors (Lipinski definition) is 6. The number of hydrogen-bond donors (Lipinski definition) is 2. The fourth-order valence-electron chi connectivity index (χ4n) is 2.53. The van der Waals surface area contributed by atoms with E-state index in [9.17, 15) is 13.2 Å². The molecule has 0 bridgehead atoms. The molecule has 0 aliphatic carbocycles. The normalized spacial score (nSPS) is 22.1. The smallest absolute Gasteiger partial charge is 0.383 e. The van der Waals surface area contributed by atoms with Gasteiger partial charge >= 0.3 is 6.18 Å². The van der Waals surface area contributed by atoms with Crippen LogP contribution in [0, 0.1) is 0 Å². The van der Waals surface area contributed by atoms with Gasteiger partial charge in [0, 0.05) is 6.54 Å². The zero-order valence-corrected chi connectivity index (χ0v) is 13.0. The molecule has 3 N–H and O–H groups in total. The third-order valence-electron chi connectivity index (χ3n) is 3.82. The van der Waals surface area contributed by atoms with Crippen molar-refractivity contribution >= 4 is 34.3 Å². The SMILES string of the molecule is CC(C1=NC(N)C(=S)C(C(F)(F)F)=N1)c1cc2c(cn1)NCC2. The predicted octanol–water partition coefficient (Wildman–Crippen LogP) is 2.22. The number of nitrogens with zero attached hydrogens (tertiary/aromatic N) is 3. The molecule has 0 radical (unpaired) electrons. The minimum absolute atomic E-state index is 0.00293. The molecule has 3 heterocycles. The highest BCUT2D eigenvalue weighted by atomic mass is 32.1. The summed E-state index contributed by atoms with van der Waals surface area (Å²) in [6, 6.07) is 1.86. The molecule has 122 valence electrons. The summed E-state index contributed by atoms with van der Waals surface area (Å²) >= 11 is 4.71. The van der Waals surface area contributed by atoms with E-state index in [-0.39, 0.29) is 5.84 Å². The Hall–Kier alpha value is -1.87. The van der Waals surface area contributed by atoms with Crippen LogP contribution in [-0.2, 0) is 6.42 Å². The first-order chi connectivity index (χ1) is 10.8. The summed E-state index contributed by atoms with van der Waals surface area (Å²) in [6.45, 7) is 2.53. The third-order valence-corrected chi connectivity index (χ3v) is 4.25. The van der Waals surface area contributed by atoms with Crippen molar-refractivity contribution in [2.75, 3.05) is 11.9 Å². The van der Waals surface area contributed by atoms with Crippen LogP contribution in [0.2, 0.25) is 0 Å². The summed E-state index contributed by atoms with van der Waals surface area (Å²) in [7, 11) is 0. The van der Waals surface area contributed by atoms with Crippen LogP contribution in [0.4, 0.5) is 18.9 Å². The van der Waals surface area contributed by atoms with Crippen molar-refractivity contribution in [1.82, 2.24) is 4.98 Å². The van der Waals surface area contributed by atoms with Gasteiger partial charge in [0.15, 0.2) is 5.71 Å².